The van der Waals surface area contributed by atoms with Crippen LogP contribution in [0, 0.1) is 5.92 Å². The molecule has 120 valence electrons. The first-order valence-electron chi connectivity index (χ1n) is 7.18. The van der Waals surface area contributed by atoms with Crippen LogP contribution in [-0.2, 0) is 11.8 Å². The first-order valence-corrected chi connectivity index (χ1v) is 7.18. The van der Waals surface area contributed by atoms with Crippen LogP contribution in [-0.4, -0.2) is 23.1 Å². The Kier molecular flexibility index (Phi) is 4.93. The van der Waals surface area contributed by atoms with Crippen molar-refractivity contribution in [3.8, 4) is 0 Å². The van der Waals surface area contributed by atoms with E-state index in [0.717, 1.165) is 19.4 Å². The molecule has 0 radical (unpaired) electrons. The number of benzene rings is 1. The Labute approximate surface area is 134 Å². The van der Waals surface area contributed by atoms with Crippen molar-refractivity contribution in [1.82, 2.24) is 9.88 Å². The highest BCUT2D eigenvalue weighted by molar-refractivity contribution is 5.94. The second-order valence-electron chi connectivity index (χ2n) is 5.68. The lowest BCUT2D eigenvalue weighted by Gasteiger charge is -2.27. The van der Waals surface area contributed by atoms with Gasteiger partial charge >= 0.3 is 5.76 Å². The van der Waals surface area contributed by atoms with Crippen LogP contribution < -0.4 is 16.4 Å². The summed E-state index contributed by atoms with van der Waals surface area (Å²) in [5.74, 6) is -0.332. The second kappa shape index (κ2) is 6.54. The molecule has 1 aromatic carbocycles. The number of carbonyl (C=O) groups excluding carboxylic acids is 1. The Balaban J connectivity index is 0.00000176. The van der Waals surface area contributed by atoms with E-state index in [-0.39, 0.29) is 24.2 Å². The summed E-state index contributed by atoms with van der Waals surface area (Å²) in [5.41, 5.74) is 1.89. The Morgan fingerprint density at radius 1 is 1.45 bits per heavy atom. The van der Waals surface area contributed by atoms with Crippen molar-refractivity contribution in [3.05, 3.63) is 28.7 Å². The van der Waals surface area contributed by atoms with Crippen LogP contribution in [0.4, 0.5) is 5.69 Å². The molecule has 0 aliphatic carbocycles. The summed E-state index contributed by atoms with van der Waals surface area (Å²) in [6.45, 7) is 2.96. The van der Waals surface area contributed by atoms with Gasteiger partial charge in [-0.2, -0.15) is 0 Å². The molecular formula is C15H20ClN3O3. The average Bonchev–Trinajstić information content (AvgIpc) is 2.74. The number of nitrogens with one attached hydrogen (secondary N) is 2. The normalized spacial score (nSPS) is 21.4. The molecule has 1 aromatic heterocycles. The molecule has 2 atom stereocenters. The lowest BCUT2D eigenvalue weighted by atomic mass is 9.92. The zero-order valence-corrected chi connectivity index (χ0v) is 13.4. The minimum absolute atomic E-state index is 0. The van der Waals surface area contributed by atoms with Crippen LogP contribution in [0.15, 0.2) is 27.4 Å². The van der Waals surface area contributed by atoms with Crippen LogP contribution >= 0.6 is 12.4 Å². The molecule has 1 fully saturated rings. The van der Waals surface area contributed by atoms with E-state index in [9.17, 15) is 9.59 Å². The maximum absolute atomic E-state index is 12.3. The molecule has 0 unspecified atom stereocenters. The molecule has 1 aliphatic heterocycles. The first kappa shape index (κ1) is 16.6. The summed E-state index contributed by atoms with van der Waals surface area (Å²) in [4.78, 5) is 23.8. The van der Waals surface area contributed by atoms with Crippen LogP contribution in [0.2, 0.25) is 0 Å². The molecule has 0 bridgehead atoms. The second-order valence-corrected chi connectivity index (χ2v) is 5.68. The molecule has 7 heteroatoms. The number of aromatic nitrogens is 1. The summed E-state index contributed by atoms with van der Waals surface area (Å²) in [5, 5.41) is 6.27. The maximum Gasteiger partial charge on any atom is 0.419 e. The van der Waals surface area contributed by atoms with Gasteiger partial charge in [-0.05, 0) is 44.5 Å². The third-order valence-electron chi connectivity index (χ3n) is 4.05. The van der Waals surface area contributed by atoms with Gasteiger partial charge < -0.3 is 15.1 Å². The lowest BCUT2D eigenvalue weighted by molar-refractivity contribution is -0.120. The van der Waals surface area contributed by atoms with Gasteiger partial charge in [0.15, 0.2) is 5.58 Å². The number of hydrogen-bond acceptors (Lipinski definition) is 4. The van der Waals surface area contributed by atoms with E-state index in [1.165, 1.54) is 4.57 Å². The van der Waals surface area contributed by atoms with Gasteiger partial charge in [0, 0.05) is 24.7 Å². The molecule has 0 spiro atoms. The Morgan fingerprint density at radius 2 is 2.23 bits per heavy atom. The predicted octanol–water partition coefficient (Wildman–Crippen LogP) is 1.88. The fraction of sp³-hybridized carbons (Fsp3) is 0.467. The zero-order chi connectivity index (χ0) is 15.0. The van der Waals surface area contributed by atoms with Gasteiger partial charge in [-0.15, -0.1) is 12.4 Å². The van der Waals surface area contributed by atoms with Gasteiger partial charge in [-0.25, -0.2) is 4.79 Å². The zero-order valence-electron chi connectivity index (χ0n) is 12.6. The predicted molar refractivity (Wildman–Crippen MR) is 87.5 cm³/mol. The summed E-state index contributed by atoms with van der Waals surface area (Å²) in [6.07, 6.45) is 1.70. The number of aryl methyl sites for hydroxylation is 1. The fourth-order valence-electron chi connectivity index (χ4n) is 2.82. The number of fused-ring (bicyclic) bond motifs is 1. The Morgan fingerprint density at radius 3 is 2.95 bits per heavy atom. The number of rotatable bonds is 2. The number of oxazole rings is 1. The molecule has 1 saturated heterocycles. The number of piperidine rings is 1. The van der Waals surface area contributed by atoms with E-state index in [4.69, 9.17) is 4.42 Å². The summed E-state index contributed by atoms with van der Waals surface area (Å²) >= 11 is 0. The van der Waals surface area contributed by atoms with Crippen LogP contribution in [0.1, 0.15) is 19.8 Å². The topological polar surface area (TPSA) is 76.3 Å². The van der Waals surface area contributed by atoms with E-state index in [0.29, 0.717) is 22.8 Å². The quantitative estimate of drug-likeness (QED) is 0.884. The SMILES string of the molecule is C[C@H]1C[C@@H](C(=O)Nc2ccc3oc(=O)n(C)c3c2)CCN1.Cl. The molecular weight excluding hydrogens is 306 g/mol. The molecule has 2 aromatic rings. The largest absolute Gasteiger partial charge is 0.419 e. The van der Waals surface area contributed by atoms with Gasteiger partial charge in [0.25, 0.3) is 0 Å². The highest BCUT2D eigenvalue weighted by Crippen LogP contribution is 2.21. The third kappa shape index (κ3) is 3.18. The van der Waals surface area contributed by atoms with Gasteiger partial charge in [0.1, 0.15) is 0 Å². The van der Waals surface area contributed by atoms with Crippen molar-refractivity contribution < 1.29 is 9.21 Å². The van der Waals surface area contributed by atoms with E-state index < -0.39 is 5.76 Å². The van der Waals surface area contributed by atoms with E-state index in [2.05, 4.69) is 17.6 Å². The minimum Gasteiger partial charge on any atom is -0.408 e. The van der Waals surface area contributed by atoms with Crippen LogP contribution in [0.25, 0.3) is 11.1 Å². The van der Waals surface area contributed by atoms with Crippen molar-refractivity contribution in [2.45, 2.75) is 25.8 Å². The fourth-order valence-corrected chi connectivity index (χ4v) is 2.82. The molecule has 6 nitrogen and oxygen atoms in total. The van der Waals surface area contributed by atoms with E-state index in [1.54, 1.807) is 25.2 Å². The van der Waals surface area contributed by atoms with Gasteiger partial charge in [0.05, 0.1) is 5.52 Å². The monoisotopic (exact) mass is 325 g/mol. The van der Waals surface area contributed by atoms with E-state index in [1.807, 2.05) is 0 Å². The molecule has 3 rings (SSSR count). The standard InChI is InChI=1S/C15H19N3O3.ClH/c1-9-7-10(5-6-16-9)14(19)17-11-3-4-13-12(8-11)18(2)15(20)21-13;/h3-4,8-10,16H,5-7H2,1-2H3,(H,17,19);1H/t9-,10-;/m0./s1. The smallest absolute Gasteiger partial charge is 0.408 e. The van der Waals surface area contributed by atoms with Crippen LogP contribution in [0.3, 0.4) is 0 Å². The Hall–Kier alpha value is -1.79. The maximum atomic E-state index is 12.3. The summed E-state index contributed by atoms with van der Waals surface area (Å²) < 4.78 is 6.50. The van der Waals surface area contributed by atoms with Gasteiger partial charge in [-0.3, -0.25) is 9.36 Å². The van der Waals surface area contributed by atoms with Crippen molar-refractivity contribution in [1.29, 1.82) is 0 Å². The minimum atomic E-state index is -0.402. The molecule has 0 saturated carbocycles. The summed E-state index contributed by atoms with van der Waals surface area (Å²) in [6, 6.07) is 5.60. The number of hydrogen-bond donors (Lipinski definition) is 2. The van der Waals surface area contributed by atoms with Crippen molar-refractivity contribution in [2.75, 3.05) is 11.9 Å². The number of amides is 1. The lowest BCUT2D eigenvalue weighted by Crippen LogP contribution is -2.40. The summed E-state index contributed by atoms with van der Waals surface area (Å²) in [7, 11) is 1.65. The third-order valence-corrected chi connectivity index (χ3v) is 4.05. The molecule has 1 amide bonds. The molecule has 2 N–H and O–H groups in total. The molecule has 2 heterocycles. The van der Waals surface area contributed by atoms with Gasteiger partial charge in [0.2, 0.25) is 5.91 Å². The Bertz CT molecular complexity index is 737. The number of carbonyl (C=O) groups is 1. The van der Waals surface area contributed by atoms with Crippen LogP contribution in [0.5, 0.6) is 0 Å². The van der Waals surface area contributed by atoms with E-state index >= 15 is 0 Å². The highest BCUT2D eigenvalue weighted by atomic mass is 35.5. The van der Waals surface area contributed by atoms with Crippen molar-refractivity contribution >= 4 is 35.1 Å². The average molecular weight is 326 g/mol. The number of anilines is 1. The highest BCUT2D eigenvalue weighted by Gasteiger charge is 2.24. The van der Waals surface area contributed by atoms with Crippen molar-refractivity contribution in [2.24, 2.45) is 13.0 Å². The number of nitrogens with zero attached hydrogens (tertiary/aromatic N) is 1. The molecule has 1 aliphatic rings. The van der Waals surface area contributed by atoms with Gasteiger partial charge in [-0.1, -0.05) is 0 Å². The number of halogens is 1. The first-order chi connectivity index (χ1) is 10.0. The molecule has 22 heavy (non-hydrogen) atoms. The van der Waals surface area contributed by atoms with Crippen molar-refractivity contribution in [3.63, 3.8) is 0 Å².